The van der Waals surface area contributed by atoms with Crippen LogP contribution < -0.4 is 14.8 Å². The molecule has 33 heavy (non-hydrogen) atoms. The number of benzene rings is 1. The summed E-state index contributed by atoms with van der Waals surface area (Å²) in [5, 5.41) is 11.3. The summed E-state index contributed by atoms with van der Waals surface area (Å²) in [7, 11) is 0. The van der Waals surface area contributed by atoms with Crippen LogP contribution in [-0.4, -0.2) is 45.2 Å². The Bertz CT molecular complexity index is 1000. The summed E-state index contributed by atoms with van der Waals surface area (Å²) < 4.78 is 34.6. The van der Waals surface area contributed by atoms with Crippen molar-refractivity contribution in [3.8, 4) is 11.5 Å². The van der Waals surface area contributed by atoms with Crippen molar-refractivity contribution in [1.29, 1.82) is 0 Å². The summed E-state index contributed by atoms with van der Waals surface area (Å²) in [5.41, 5.74) is 1.49. The molecule has 0 aliphatic carbocycles. The molecule has 1 fully saturated rings. The van der Waals surface area contributed by atoms with Crippen LogP contribution in [0.3, 0.4) is 0 Å². The number of hydrogen-bond donors (Lipinski definition) is 2. The molecule has 0 bridgehead atoms. The average Bonchev–Trinajstić information content (AvgIpc) is 3.06. The van der Waals surface area contributed by atoms with E-state index in [1.165, 1.54) is 18.2 Å². The van der Waals surface area contributed by atoms with Gasteiger partial charge in [0.2, 0.25) is 5.91 Å². The number of carboxylic acid groups (broad SMARTS) is 1. The maximum Gasteiger partial charge on any atom is 0.586 e. The third-order valence-corrected chi connectivity index (χ3v) is 4.53. The first-order chi connectivity index (χ1) is 15.6. The van der Waals surface area contributed by atoms with E-state index in [0.29, 0.717) is 10.5 Å². The maximum absolute atomic E-state index is 13.0. The van der Waals surface area contributed by atoms with Crippen molar-refractivity contribution in [1.82, 2.24) is 15.2 Å². The van der Waals surface area contributed by atoms with Crippen molar-refractivity contribution < 1.29 is 37.7 Å². The minimum atomic E-state index is -3.74. The molecule has 3 heterocycles. The number of β-lactam (4-membered cyclic amide) rings is 1. The summed E-state index contributed by atoms with van der Waals surface area (Å²) >= 11 is 0. The van der Waals surface area contributed by atoms with E-state index in [9.17, 15) is 23.2 Å². The fourth-order valence-electron chi connectivity index (χ4n) is 2.89. The van der Waals surface area contributed by atoms with Crippen LogP contribution in [0.25, 0.3) is 0 Å². The van der Waals surface area contributed by atoms with Crippen molar-refractivity contribution in [3.63, 3.8) is 0 Å². The Morgan fingerprint density at radius 1 is 1.21 bits per heavy atom. The number of alkyl halides is 2. The second-order valence-electron chi connectivity index (χ2n) is 6.84. The van der Waals surface area contributed by atoms with Gasteiger partial charge in [0, 0.05) is 11.9 Å². The molecule has 2 aliphatic heterocycles. The van der Waals surface area contributed by atoms with Gasteiger partial charge in [-0.1, -0.05) is 26.0 Å². The van der Waals surface area contributed by atoms with E-state index in [0.717, 1.165) is 5.69 Å². The van der Waals surface area contributed by atoms with Crippen molar-refractivity contribution >= 4 is 17.9 Å². The number of rotatable bonds is 3. The molecule has 178 valence electrons. The van der Waals surface area contributed by atoms with Crippen molar-refractivity contribution in [2.45, 2.75) is 52.5 Å². The second-order valence-corrected chi connectivity index (χ2v) is 6.84. The number of aliphatic carboxylic acids is 1. The molecule has 2 N–H and O–H groups in total. The lowest BCUT2D eigenvalue weighted by Gasteiger charge is -2.36. The summed E-state index contributed by atoms with van der Waals surface area (Å²) in [6.45, 7) is 7.52. The number of hydrogen-bond acceptors (Lipinski definition) is 6. The highest BCUT2D eigenvalue weighted by molar-refractivity contribution is 6.05. The number of aryl methyl sites for hydroxylation is 1. The Morgan fingerprint density at radius 3 is 2.39 bits per heavy atom. The van der Waals surface area contributed by atoms with Gasteiger partial charge in [0.1, 0.15) is 6.04 Å². The first-order valence-corrected chi connectivity index (χ1v) is 10.2. The van der Waals surface area contributed by atoms with Gasteiger partial charge in [0.25, 0.3) is 0 Å². The number of nitrogens with zero attached hydrogens (tertiary/aromatic N) is 2. The molecule has 0 saturated carbocycles. The highest BCUT2D eigenvalue weighted by atomic mass is 19.3. The van der Waals surface area contributed by atoms with E-state index >= 15 is 0 Å². The molecular formula is C22H25F2N3O6. The number of likely N-dealkylation sites (tertiary alicyclic amines) is 1. The fourth-order valence-corrected chi connectivity index (χ4v) is 2.89. The van der Waals surface area contributed by atoms with Crippen molar-refractivity contribution in [3.05, 3.63) is 53.9 Å². The standard InChI is InChI=1S/C14H12F2N2O6.C6H7N.C2H6/c1-6(17-13(22)18-8(12(20)21)5-11(18)19)7-2-3-9-10(4-7)24-14(15,16)23-9;1-6-4-2-3-5-7-6;1-2/h2-4,6,8H,5H2,1H3,(H,17,22)(H,20,21);2-5H,1H3;1-2H3/t6?,8-;;/m0../s1. The quantitative estimate of drug-likeness (QED) is 0.661. The number of pyridine rings is 1. The smallest absolute Gasteiger partial charge is 0.480 e. The number of carbonyl (C=O) groups is 3. The van der Waals surface area contributed by atoms with Crippen LogP contribution in [0.2, 0.25) is 0 Å². The molecule has 1 aromatic heterocycles. The topological polar surface area (TPSA) is 118 Å². The van der Waals surface area contributed by atoms with E-state index in [1.807, 2.05) is 39.0 Å². The number of ether oxygens (including phenoxy) is 2. The number of aromatic nitrogens is 1. The second kappa shape index (κ2) is 10.7. The fraction of sp³-hybridized carbons (Fsp3) is 0.364. The molecule has 11 heteroatoms. The van der Waals surface area contributed by atoms with Gasteiger partial charge in [-0.2, -0.15) is 0 Å². The number of urea groups is 1. The van der Waals surface area contributed by atoms with E-state index in [1.54, 1.807) is 13.1 Å². The van der Waals surface area contributed by atoms with Crippen LogP contribution in [0, 0.1) is 6.92 Å². The zero-order chi connectivity index (χ0) is 24.8. The van der Waals surface area contributed by atoms with E-state index in [-0.39, 0.29) is 17.9 Å². The minimum absolute atomic E-state index is 0.133. The summed E-state index contributed by atoms with van der Waals surface area (Å²) in [4.78, 5) is 38.9. The predicted octanol–water partition coefficient (Wildman–Crippen LogP) is 3.88. The van der Waals surface area contributed by atoms with Crippen LogP contribution in [0.5, 0.6) is 11.5 Å². The highest BCUT2D eigenvalue weighted by Crippen LogP contribution is 2.42. The van der Waals surface area contributed by atoms with Crippen LogP contribution >= 0.6 is 0 Å². The number of carbonyl (C=O) groups excluding carboxylic acids is 2. The first-order valence-electron chi connectivity index (χ1n) is 10.2. The number of carboxylic acids is 1. The Kier molecular flexibility index (Phi) is 8.27. The van der Waals surface area contributed by atoms with Gasteiger partial charge in [-0.15, -0.1) is 8.78 Å². The van der Waals surface area contributed by atoms with Crippen molar-refractivity contribution in [2.75, 3.05) is 0 Å². The number of fused-ring (bicyclic) bond motifs is 1. The normalized spacial score (nSPS) is 17.9. The molecule has 1 saturated heterocycles. The molecular weight excluding hydrogens is 440 g/mol. The van der Waals surface area contributed by atoms with Crippen LogP contribution in [0.15, 0.2) is 42.6 Å². The van der Waals surface area contributed by atoms with Crippen LogP contribution in [0.1, 0.15) is 44.5 Å². The van der Waals surface area contributed by atoms with Crippen LogP contribution in [0.4, 0.5) is 13.6 Å². The van der Waals surface area contributed by atoms with E-state index in [2.05, 4.69) is 19.8 Å². The molecule has 4 rings (SSSR count). The molecule has 2 atom stereocenters. The average molecular weight is 465 g/mol. The number of nitrogens with one attached hydrogen (secondary N) is 1. The Morgan fingerprint density at radius 2 is 1.88 bits per heavy atom. The third kappa shape index (κ3) is 6.37. The predicted molar refractivity (Wildman–Crippen MR) is 113 cm³/mol. The zero-order valence-corrected chi connectivity index (χ0v) is 18.5. The first kappa shape index (κ1) is 25.5. The largest absolute Gasteiger partial charge is 0.586 e. The van der Waals surface area contributed by atoms with E-state index < -0.39 is 36.3 Å². The number of amides is 3. The lowest BCUT2D eigenvalue weighted by molar-refractivity contribution is -0.286. The molecule has 1 unspecified atom stereocenters. The third-order valence-electron chi connectivity index (χ3n) is 4.53. The molecule has 0 spiro atoms. The molecule has 1 aromatic carbocycles. The molecule has 2 aromatic rings. The van der Waals surface area contributed by atoms with Crippen molar-refractivity contribution in [2.24, 2.45) is 0 Å². The summed E-state index contributed by atoms with van der Waals surface area (Å²) in [6.07, 6.45) is -2.20. The lowest BCUT2D eigenvalue weighted by atomic mass is 10.0. The van der Waals surface area contributed by atoms with Gasteiger partial charge in [-0.25, -0.2) is 14.5 Å². The van der Waals surface area contributed by atoms with Gasteiger partial charge >= 0.3 is 18.3 Å². The Hall–Kier alpha value is -3.76. The summed E-state index contributed by atoms with van der Waals surface area (Å²) in [6, 6.07) is 7.10. The van der Waals surface area contributed by atoms with Gasteiger partial charge in [0.05, 0.1) is 12.5 Å². The Labute approximate surface area is 189 Å². The van der Waals surface area contributed by atoms with E-state index in [4.69, 9.17) is 5.11 Å². The van der Waals surface area contributed by atoms with Crippen LogP contribution in [-0.2, 0) is 9.59 Å². The minimum Gasteiger partial charge on any atom is -0.480 e. The highest BCUT2D eigenvalue weighted by Gasteiger charge is 2.46. The SMILES string of the molecule is CC.CC(NC(=O)N1C(=O)C[C@H]1C(=O)O)c1ccc2c(c1)OC(F)(F)O2.Cc1ccccn1. The zero-order valence-electron chi connectivity index (χ0n) is 18.5. The molecule has 3 amide bonds. The number of imide groups is 1. The summed E-state index contributed by atoms with van der Waals surface area (Å²) in [5.74, 6) is -2.19. The van der Waals surface area contributed by atoms with Gasteiger partial charge < -0.3 is 19.9 Å². The lowest BCUT2D eigenvalue weighted by Crippen LogP contribution is -2.61. The molecule has 9 nitrogen and oxygen atoms in total. The maximum atomic E-state index is 13.0. The molecule has 0 radical (unpaired) electrons. The monoisotopic (exact) mass is 465 g/mol. The van der Waals surface area contributed by atoms with Gasteiger partial charge in [-0.05, 0) is 43.7 Å². The van der Waals surface area contributed by atoms with Gasteiger partial charge in [-0.3, -0.25) is 9.78 Å². The Balaban J connectivity index is 0.000000362. The van der Waals surface area contributed by atoms with Gasteiger partial charge in [0.15, 0.2) is 11.5 Å². The number of halogens is 2. The molecule has 2 aliphatic rings.